The summed E-state index contributed by atoms with van der Waals surface area (Å²) in [6.07, 6.45) is 5.91. The largest absolute Gasteiger partial charge is 0.351 e. The molecule has 0 saturated carbocycles. The van der Waals surface area contributed by atoms with Crippen molar-refractivity contribution < 1.29 is 4.79 Å². The standard InChI is InChI=1S/C21H24N6O/c1-16-4-2-3-5-19(16)18-7-10-26(13-18)11-9-23-21(28)17-6-8-22-20(12-17)27-14-24-25-15-27/h2-6,8,12,14-15,18H,7,9-11,13H2,1H3,(H,23,28)/t18-/m1/s1. The van der Waals surface area contributed by atoms with Crippen molar-refractivity contribution in [2.75, 3.05) is 26.2 Å². The quantitative estimate of drug-likeness (QED) is 0.714. The summed E-state index contributed by atoms with van der Waals surface area (Å²) >= 11 is 0. The second-order valence-electron chi connectivity index (χ2n) is 7.17. The van der Waals surface area contributed by atoms with Gasteiger partial charge in [0.05, 0.1) is 0 Å². The molecule has 0 bridgehead atoms. The van der Waals surface area contributed by atoms with Crippen LogP contribution < -0.4 is 5.32 Å². The van der Waals surface area contributed by atoms with E-state index in [2.05, 4.69) is 56.6 Å². The molecular formula is C21H24N6O. The van der Waals surface area contributed by atoms with E-state index in [1.807, 2.05) is 0 Å². The zero-order valence-corrected chi connectivity index (χ0v) is 16.0. The smallest absolute Gasteiger partial charge is 0.251 e. The molecule has 1 saturated heterocycles. The Labute approximate surface area is 164 Å². The van der Waals surface area contributed by atoms with Gasteiger partial charge >= 0.3 is 0 Å². The van der Waals surface area contributed by atoms with Crippen LogP contribution in [0.5, 0.6) is 0 Å². The fraction of sp³-hybridized carbons (Fsp3) is 0.333. The van der Waals surface area contributed by atoms with Crippen molar-refractivity contribution in [2.45, 2.75) is 19.3 Å². The lowest BCUT2D eigenvalue weighted by atomic mass is 9.94. The van der Waals surface area contributed by atoms with E-state index in [9.17, 15) is 4.79 Å². The summed E-state index contributed by atoms with van der Waals surface area (Å²) in [7, 11) is 0. The first-order chi connectivity index (χ1) is 13.7. The summed E-state index contributed by atoms with van der Waals surface area (Å²) in [4.78, 5) is 19.1. The van der Waals surface area contributed by atoms with Gasteiger partial charge in [0.15, 0.2) is 0 Å². The van der Waals surface area contributed by atoms with E-state index in [1.54, 1.807) is 35.6 Å². The Morgan fingerprint density at radius 1 is 1.21 bits per heavy atom. The first-order valence-electron chi connectivity index (χ1n) is 9.58. The van der Waals surface area contributed by atoms with Gasteiger partial charge in [-0.05, 0) is 49.1 Å². The van der Waals surface area contributed by atoms with Crippen LogP contribution in [0.25, 0.3) is 5.82 Å². The molecule has 1 aromatic carbocycles. The molecule has 2 aromatic heterocycles. The molecule has 7 heteroatoms. The highest BCUT2D eigenvalue weighted by molar-refractivity contribution is 5.94. The summed E-state index contributed by atoms with van der Waals surface area (Å²) in [5, 5.41) is 10.5. The van der Waals surface area contributed by atoms with Crippen LogP contribution in [-0.2, 0) is 0 Å². The van der Waals surface area contributed by atoms with Gasteiger partial charge in [0.2, 0.25) is 0 Å². The number of carbonyl (C=O) groups is 1. The summed E-state index contributed by atoms with van der Waals surface area (Å²) in [6, 6.07) is 12.1. The van der Waals surface area contributed by atoms with Gasteiger partial charge in [-0.3, -0.25) is 9.36 Å². The molecule has 0 aliphatic carbocycles. The highest BCUT2D eigenvalue weighted by Gasteiger charge is 2.24. The lowest BCUT2D eigenvalue weighted by Crippen LogP contribution is -2.33. The van der Waals surface area contributed by atoms with E-state index in [4.69, 9.17) is 0 Å². The lowest BCUT2D eigenvalue weighted by molar-refractivity contribution is 0.0949. The van der Waals surface area contributed by atoms with Crippen LogP contribution in [-0.4, -0.2) is 56.7 Å². The van der Waals surface area contributed by atoms with Crippen LogP contribution in [0.4, 0.5) is 0 Å². The molecule has 3 aromatic rings. The Kier molecular flexibility index (Phi) is 5.43. The third-order valence-electron chi connectivity index (χ3n) is 5.31. The molecule has 0 unspecified atom stereocenters. The number of hydrogen-bond donors (Lipinski definition) is 1. The van der Waals surface area contributed by atoms with Crippen molar-refractivity contribution in [3.8, 4) is 5.82 Å². The first kappa shape index (κ1) is 18.3. The Balaban J connectivity index is 1.28. The fourth-order valence-electron chi connectivity index (χ4n) is 3.78. The second kappa shape index (κ2) is 8.31. The van der Waals surface area contributed by atoms with Gasteiger partial charge in [-0.1, -0.05) is 24.3 Å². The van der Waals surface area contributed by atoms with E-state index in [1.165, 1.54) is 17.5 Å². The zero-order valence-electron chi connectivity index (χ0n) is 16.0. The van der Waals surface area contributed by atoms with Crippen LogP contribution in [0.1, 0.15) is 33.8 Å². The number of nitrogens with one attached hydrogen (secondary N) is 1. The van der Waals surface area contributed by atoms with Crippen molar-refractivity contribution in [3.05, 3.63) is 71.9 Å². The molecule has 3 heterocycles. The SMILES string of the molecule is Cc1ccccc1[C@@H]1CCN(CCNC(=O)c2ccnc(-n3cnnc3)c2)C1. The van der Waals surface area contributed by atoms with Gasteiger partial charge in [-0.2, -0.15) is 0 Å². The Morgan fingerprint density at radius 3 is 2.86 bits per heavy atom. The number of aryl methyl sites for hydroxylation is 1. The van der Waals surface area contributed by atoms with Gasteiger partial charge in [0, 0.05) is 31.4 Å². The van der Waals surface area contributed by atoms with E-state index in [0.717, 1.165) is 19.6 Å². The van der Waals surface area contributed by atoms with Gasteiger partial charge in [-0.25, -0.2) is 4.98 Å². The number of aromatic nitrogens is 4. The minimum absolute atomic E-state index is 0.0913. The van der Waals surface area contributed by atoms with Crippen molar-refractivity contribution in [3.63, 3.8) is 0 Å². The molecular weight excluding hydrogens is 352 g/mol. The molecule has 1 N–H and O–H groups in total. The summed E-state index contributed by atoms with van der Waals surface area (Å²) in [5.41, 5.74) is 3.40. The van der Waals surface area contributed by atoms with Crippen LogP contribution in [0.15, 0.2) is 55.2 Å². The molecule has 4 rings (SSSR count). The van der Waals surface area contributed by atoms with E-state index in [-0.39, 0.29) is 5.91 Å². The van der Waals surface area contributed by atoms with Gasteiger partial charge in [0.1, 0.15) is 18.5 Å². The fourth-order valence-corrected chi connectivity index (χ4v) is 3.78. The molecule has 28 heavy (non-hydrogen) atoms. The van der Waals surface area contributed by atoms with E-state index >= 15 is 0 Å². The number of benzene rings is 1. The van der Waals surface area contributed by atoms with E-state index < -0.39 is 0 Å². The van der Waals surface area contributed by atoms with Crippen molar-refractivity contribution in [1.29, 1.82) is 0 Å². The Bertz CT molecular complexity index is 940. The van der Waals surface area contributed by atoms with Crippen molar-refractivity contribution in [1.82, 2.24) is 30.0 Å². The molecule has 144 valence electrons. The second-order valence-corrected chi connectivity index (χ2v) is 7.17. The highest BCUT2D eigenvalue weighted by Crippen LogP contribution is 2.28. The maximum atomic E-state index is 12.5. The third-order valence-corrected chi connectivity index (χ3v) is 5.31. The average Bonchev–Trinajstić information content (AvgIpc) is 3.41. The molecule has 1 aliphatic rings. The lowest BCUT2D eigenvalue weighted by Gasteiger charge is -2.17. The molecule has 7 nitrogen and oxygen atoms in total. The predicted octanol–water partition coefficient (Wildman–Crippen LogP) is 2.19. The summed E-state index contributed by atoms with van der Waals surface area (Å²) in [6.45, 7) is 5.79. The number of amides is 1. The first-order valence-corrected chi connectivity index (χ1v) is 9.58. The number of likely N-dealkylation sites (tertiary alicyclic amines) is 1. The summed E-state index contributed by atoms with van der Waals surface area (Å²) in [5.74, 6) is 1.12. The van der Waals surface area contributed by atoms with Crippen LogP contribution in [0, 0.1) is 6.92 Å². The topological polar surface area (TPSA) is 75.9 Å². The van der Waals surface area contributed by atoms with E-state index in [0.29, 0.717) is 23.8 Å². The minimum atomic E-state index is -0.0913. The van der Waals surface area contributed by atoms with Crippen LogP contribution >= 0.6 is 0 Å². The monoisotopic (exact) mass is 376 g/mol. The number of hydrogen-bond acceptors (Lipinski definition) is 5. The molecule has 0 radical (unpaired) electrons. The van der Waals surface area contributed by atoms with Gasteiger partial charge in [0.25, 0.3) is 5.91 Å². The molecule has 1 atom stereocenters. The summed E-state index contributed by atoms with van der Waals surface area (Å²) < 4.78 is 1.67. The number of nitrogens with zero attached hydrogens (tertiary/aromatic N) is 5. The zero-order chi connectivity index (χ0) is 19.3. The van der Waals surface area contributed by atoms with Crippen LogP contribution in [0.3, 0.4) is 0 Å². The maximum Gasteiger partial charge on any atom is 0.251 e. The van der Waals surface area contributed by atoms with Crippen molar-refractivity contribution >= 4 is 5.91 Å². The van der Waals surface area contributed by atoms with Gasteiger partial charge < -0.3 is 10.2 Å². The normalized spacial score (nSPS) is 17.0. The molecule has 1 amide bonds. The molecule has 0 spiro atoms. The Hall–Kier alpha value is -3.06. The predicted molar refractivity (Wildman–Crippen MR) is 106 cm³/mol. The van der Waals surface area contributed by atoms with Crippen molar-refractivity contribution in [2.24, 2.45) is 0 Å². The third kappa shape index (κ3) is 4.09. The average molecular weight is 376 g/mol. The number of rotatable bonds is 6. The Morgan fingerprint density at radius 2 is 2.04 bits per heavy atom. The minimum Gasteiger partial charge on any atom is -0.351 e. The maximum absolute atomic E-state index is 12.5. The number of carbonyl (C=O) groups excluding carboxylic acids is 1. The van der Waals surface area contributed by atoms with Gasteiger partial charge in [-0.15, -0.1) is 10.2 Å². The highest BCUT2D eigenvalue weighted by atomic mass is 16.1. The van der Waals surface area contributed by atoms with Crippen LogP contribution in [0.2, 0.25) is 0 Å². The number of pyridine rings is 1. The molecule has 1 aliphatic heterocycles. The molecule has 1 fully saturated rings.